The van der Waals surface area contributed by atoms with Gasteiger partial charge < -0.3 is 20.1 Å². The van der Waals surface area contributed by atoms with E-state index in [2.05, 4.69) is 64.5 Å². The second kappa shape index (κ2) is 13.8. The van der Waals surface area contributed by atoms with E-state index in [-0.39, 0.29) is 24.0 Å². The Morgan fingerprint density at radius 1 is 1.21 bits per heavy atom. The molecule has 1 unspecified atom stereocenters. The maximum Gasteiger partial charge on any atom is 0.191 e. The molecule has 7 heteroatoms. The molecule has 28 heavy (non-hydrogen) atoms. The number of aliphatic imine (C=N–C) groups is 1. The number of guanidine groups is 1. The first-order chi connectivity index (χ1) is 13.1. The van der Waals surface area contributed by atoms with Gasteiger partial charge in [-0.05, 0) is 53.8 Å². The first-order valence-corrected chi connectivity index (χ1v) is 10.3. The molecular weight excluding hydrogens is 485 g/mol. The first kappa shape index (κ1) is 24.7. The molecule has 0 fully saturated rings. The lowest BCUT2D eigenvalue weighted by molar-refractivity contribution is 0.110. The molecule has 1 atom stereocenters. The van der Waals surface area contributed by atoms with Gasteiger partial charge in [0.2, 0.25) is 0 Å². The third kappa shape index (κ3) is 8.36. The average Bonchev–Trinajstić information content (AvgIpc) is 3.21. The van der Waals surface area contributed by atoms with Crippen LogP contribution in [0.1, 0.15) is 36.5 Å². The standard InChI is InChI=1S/C21H31N3O2S.HI/c1-5-25-9-10-26-20-12-16(2)6-7-18(20)14-24-21(22-4)23-13-17(3)19-8-11-27-15-19;/h6-8,11-12,15,17H,5,9-10,13-14H2,1-4H3,(H2,22,23,24);1H. The zero-order chi connectivity index (χ0) is 19.5. The molecular formula is C21H32IN3O2S. The molecule has 0 spiro atoms. The fraction of sp³-hybridized carbons (Fsp3) is 0.476. The van der Waals surface area contributed by atoms with E-state index < -0.39 is 0 Å². The van der Waals surface area contributed by atoms with Gasteiger partial charge in [-0.25, -0.2) is 0 Å². The number of rotatable bonds is 10. The maximum atomic E-state index is 5.91. The minimum atomic E-state index is 0. The molecule has 5 nitrogen and oxygen atoms in total. The van der Waals surface area contributed by atoms with Gasteiger partial charge in [-0.15, -0.1) is 24.0 Å². The van der Waals surface area contributed by atoms with Gasteiger partial charge in [0, 0.05) is 32.3 Å². The van der Waals surface area contributed by atoms with E-state index in [9.17, 15) is 0 Å². The van der Waals surface area contributed by atoms with Gasteiger partial charge in [0.05, 0.1) is 6.61 Å². The maximum absolute atomic E-state index is 5.91. The Bertz CT molecular complexity index is 708. The summed E-state index contributed by atoms with van der Waals surface area (Å²) < 4.78 is 11.3. The normalized spacial score (nSPS) is 12.2. The smallest absolute Gasteiger partial charge is 0.191 e. The molecule has 0 bridgehead atoms. The van der Waals surface area contributed by atoms with E-state index in [1.165, 1.54) is 11.1 Å². The van der Waals surface area contributed by atoms with Crippen LogP contribution >= 0.6 is 35.3 Å². The lowest BCUT2D eigenvalue weighted by atomic mass is 10.1. The number of benzene rings is 1. The highest BCUT2D eigenvalue weighted by molar-refractivity contribution is 14.0. The Labute approximate surface area is 190 Å². The molecule has 2 rings (SSSR count). The van der Waals surface area contributed by atoms with Crippen LogP contribution in [0, 0.1) is 6.92 Å². The lowest BCUT2D eigenvalue weighted by Crippen LogP contribution is -2.38. The number of hydrogen-bond acceptors (Lipinski definition) is 4. The van der Waals surface area contributed by atoms with Crippen molar-refractivity contribution in [2.24, 2.45) is 4.99 Å². The highest BCUT2D eigenvalue weighted by Crippen LogP contribution is 2.20. The average molecular weight is 517 g/mol. The molecule has 0 aliphatic carbocycles. The minimum absolute atomic E-state index is 0. The van der Waals surface area contributed by atoms with Crippen molar-refractivity contribution in [2.45, 2.75) is 33.2 Å². The quantitative estimate of drug-likeness (QED) is 0.210. The van der Waals surface area contributed by atoms with Crippen LogP contribution in [0.3, 0.4) is 0 Å². The topological polar surface area (TPSA) is 54.9 Å². The Morgan fingerprint density at radius 3 is 2.71 bits per heavy atom. The fourth-order valence-corrected chi connectivity index (χ4v) is 3.40. The van der Waals surface area contributed by atoms with E-state index in [0.29, 0.717) is 32.3 Å². The zero-order valence-electron chi connectivity index (χ0n) is 17.2. The molecule has 1 aromatic heterocycles. The fourth-order valence-electron chi connectivity index (χ4n) is 2.62. The van der Waals surface area contributed by atoms with Crippen molar-refractivity contribution in [3.05, 3.63) is 51.7 Å². The molecule has 0 aliphatic rings. The Kier molecular flexibility index (Phi) is 12.2. The molecule has 156 valence electrons. The molecule has 0 saturated heterocycles. The summed E-state index contributed by atoms with van der Waals surface area (Å²) >= 11 is 1.73. The summed E-state index contributed by atoms with van der Waals surface area (Å²) in [7, 11) is 1.79. The van der Waals surface area contributed by atoms with Gasteiger partial charge in [0.15, 0.2) is 5.96 Å². The molecule has 0 amide bonds. The van der Waals surface area contributed by atoms with E-state index in [4.69, 9.17) is 9.47 Å². The number of nitrogens with one attached hydrogen (secondary N) is 2. The van der Waals surface area contributed by atoms with Crippen LogP contribution in [0.25, 0.3) is 0 Å². The number of ether oxygens (including phenoxy) is 2. The van der Waals surface area contributed by atoms with Crippen molar-refractivity contribution in [1.82, 2.24) is 10.6 Å². The molecule has 2 N–H and O–H groups in total. The summed E-state index contributed by atoms with van der Waals surface area (Å²) in [6, 6.07) is 8.43. The van der Waals surface area contributed by atoms with Gasteiger partial charge in [-0.3, -0.25) is 4.99 Å². The molecule has 2 aromatic rings. The lowest BCUT2D eigenvalue weighted by Gasteiger charge is -2.17. The van der Waals surface area contributed by atoms with Gasteiger partial charge in [-0.1, -0.05) is 19.1 Å². The number of thiophene rings is 1. The zero-order valence-corrected chi connectivity index (χ0v) is 20.3. The largest absolute Gasteiger partial charge is 0.491 e. The third-order valence-corrected chi connectivity index (χ3v) is 4.97. The monoisotopic (exact) mass is 517 g/mol. The van der Waals surface area contributed by atoms with Crippen molar-refractivity contribution >= 4 is 41.3 Å². The molecule has 0 aliphatic heterocycles. The second-order valence-electron chi connectivity index (χ2n) is 6.42. The van der Waals surface area contributed by atoms with Crippen LogP contribution in [0.5, 0.6) is 5.75 Å². The summed E-state index contributed by atoms with van der Waals surface area (Å²) in [6.07, 6.45) is 0. The number of nitrogens with zero attached hydrogens (tertiary/aromatic N) is 1. The number of aryl methyl sites for hydroxylation is 1. The van der Waals surface area contributed by atoms with Gasteiger partial charge in [0.25, 0.3) is 0 Å². The van der Waals surface area contributed by atoms with E-state index in [0.717, 1.165) is 23.8 Å². The van der Waals surface area contributed by atoms with Gasteiger partial charge in [-0.2, -0.15) is 11.3 Å². The van der Waals surface area contributed by atoms with Gasteiger partial charge >= 0.3 is 0 Å². The van der Waals surface area contributed by atoms with Crippen molar-refractivity contribution in [3.8, 4) is 5.75 Å². The van der Waals surface area contributed by atoms with Crippen molar-refractivity contribution < 1.29 is 9.47 Å². The predicted octanol–water partition coefficient (Wildman–Crippen LogP) is 4.56. The van der Waals surface area contributed by atoms with E-state index in [1.54, 1.807) is 18.4 Å². The molecule has 1 aromatic carbocycles. The summed E-state index contributed by atoms with van der Waals surface area (Å²) in [5.41, 5.74) is 3.63. The first-order valence-electron chi connectivity index (χ1n) is 9.40. The Balaban J connectivity index is 0.00000392. The van der Waals surface area contributed by atoms with Crippen molar-refractivity contribution in [2.75, 3.05) is 33.4 Å². The summed E-state index contributed by atoms with van der Waals surface area (Å²) in [6.45, 7) is 9.61. The summed E-state index contributed by atoms with van der Waals surface area (Å²) in [4.78, 5) is 4.33. The van der Waals surface area contributed by atoms with Crippen LogP contribution in [-0.4, -0.2) is 39.4 Å². The summed E-state index contributed by atoms with van der Waals surface area (Å²) in [5, 5.41) is 11.1. The van der Waals surface area contributed by atoms with Crippen LogP contribution in [0.15, 0.2) is 40.0 Å². The third-order valence-electron chi connectivity index (χ3n) is 4.27. The van der Waals surface area contributed by atoms with Crippen molar-refractivity contribution in [1.29, 1.82) is 0 Å². The number of hydrogen-bond donors (Lipinski definition) is 2. The van der Waals surface area contributed by atoms with Crippen molar-refractivity contribution in [3.63, 3.8) is 0 Å². The van der Waals surface area contributed by atoms with Crippen LogP contribution in [-0.2, 0) is 11.3 Å². The summed E-state index contributed by atoms with van der Waals surface area (Å²) in [5.74, 6) is 2.12. The van der Waals surface area contributed by atoms with Crippen LogP contribution < -0.4 is 15.4 Å². The Hall–Kier alpha value is -1.32. The highest BCUT2D eigenvalue weighted by atomic mass is 127. The van der Waals surface area contributed by atoms with E-state index in [1.807, 2.05) is 6.92 Å². The van der Waals surface area contributed by atoms with Crippen LogP contribution in [0.2, 0.25) is 0 Å². The SMILES string of the molecule is CCOCCOc1cc(C)ccc1CNC(=NC)NCC(C)c1ccsc1.I. The Morgan fingerprint density at radius 2 is 2.04 bits per heavy atom. The second-order valence-corrected chi connectivity index (χ2v) is 7.20. The van der Waals surface area contributed by atoms with Crippen LogP contribution in [0.4, 0.5) is 0 Å². The predicted molar refractivity (Wildman–Crippen MR) is 130 cm³/mol. The van der Waals surface area contributed by atoms with E-state index >= 15 is 0 Å². The number of halogens is 1. The minimum Gasteiger partial charge on any atom is -0.491 e. The molecule has 1 heterocycles. The molecule has 0 radical (unpaired) electrons. The van der Waals surface area contributed by atoms with Gasteiger partial charge in [0.1, 0.15) is 12.4 Å². The molecule has 0 saturated carbocycles. The highest BCUT2D eigenvalue weighted by Gasteiger charge is 2.09.